The largest absolute Gasteiger partial charge is 0.497 e. The van der Waals surface area contributed by atoms with Crippen LogP contribution in [0.25, 0.3) is 0 Å². The first-order chi connectivity index (χ1) is 13.5. The third kappa shape index (κ3) is 2.68. The van der Waals surface area contributed by atoms with E-state index in [2.05, 4.69) is 0 Å². The number of amides is 2. The van der Waals surface area contributed by atoms with Gasteiger partial charge in [-0.05, 0) is 24.3 Å². The first kappa shape index (κ1) is 18.8. The van der Waals surface area contributed by atoms with Gasteiger partial charge in [-0.25, -0.2) is 4.39 Å². The van der Waals surface area contributed by atoms with Crippen molar-refractivity contribution in [2.24, 2.45) is 0 Å². The van der Waals surface area contributed by atoms with Crippen LogP contribution in [-0.4, -0.2) is 36.1 Å². The Labute approximate surface area is 167 Å². The first-order valence-corrected chi connectivity index (χ1v) is 10.2. The molecule has 2 aliphatic rings. The molecule has 2 aromatic carbocycles. The molecule has 2 amide bonds. The van der Waals surface area contributed by atoms with Gasteiger partial charge in [0.2, 0.25) is 5.91 Å². The maximum absolute atomic E-state index is 14.3. The number of hydrogen-bond acceptors (Lipinski definition) is 4. The molecule has 0 radical (unpaired) electrons. The zero-order chi connectivity index (χ0) is 19.9. The van der Waals surface area contributed by atoms with Gasteiger partial charge in [0.25, 0.3) is 5.91 Å². The average Bonchev–Trinajstić information content (AvgIpc) is 3.26. The van der Waals surface area contributed by atoms with Crippen LogP contribution in [0.4, 0.5) is 10.1 Å². The maximum Gasteiger partial charge on any atom is 0.268 e. The Bertz CT molecular complexity index is 951. The summed E-state index contributed by atoms with van der Waals surface area (Å²) >= 11 is 1.46. The number of anilines is 1. The number of methoxy groups -OCH3 is 1. The van der Waals surface area contributed by atoms with Crippen molar-refractivity contribution in [1.29, 1.82) is 0 Å². The highest BCUT2D eigenvalue weighted by molar-refractivity contribution is 8.01. The van der Waals surface area contributed by atoms with E-state index in [1.165, 1.54) is 17.8 Å². The van der Waals surface area contributed by atoms with Crippen LogP contribution in [0.1, 0.15) is 24.5 Å². The van der Waals surface area contributed by atoms with Gasteiger partial charge >= 0.3 is 0 Å². The van der Waals surface area contributed by atoms with E-state index in [1.807, 2.05) is 12.1 Å². The lowest BCUT2D eigenvalue weighted by Crippen LogP contribution is -2.50. The molecule has 2 aliphatic heterocycles. The van der Waals surface area contributed by atoms with Crippen molar-refractivity contribution in [3.05, 3.63) is 59.4 Å². The van der Waals surface area contributed by atoms with Gasteiger partial charge in [0, 0.05) is 29.8 Å². The van der Waals surface area contributed by atoms with Gasteiger partial charge in [0.15, 0.2) is 4.87 Å². The number of nitrogens with zero attached hydrogens (tertiary/aromatic N) is 2. The predicted molar refractivity (Wildman–Crippen MR) is 107 cm³/mol. The fraction of sp³-hybridized carbons (Fsp3) is 0.333. The summed E-state index contributed by atoms with van der Waals surface area (Å²) in [5, 5.41) is 0. The Kier molecular flexibility index (Phi) is 4.79. The molecule has 0 aromatic heterocycles. The van der Waals surface area contributed by atoms with Crippen molar-refractivity contribution in [3.63, 3.8) is 0 Å². The minimum absolute atomic E-state index is 0.0696. The van der Waals surface area contributed by atoms with Crippen molar-refractivity contribution < 1.29 is 18.7 Å². The molecular formula is C21H21FN2O3S. The second kappa shape index (κ2) is 7.13. The van der Waals surface area contributed by atoms with E-state index < -0.39 is 4.87 Å². The second-order valence-electron chi connectivity index (χ2n) is 6.76. The summed E-state index contributed by atoms with van der Waals surface area (Å²) in [6, 6.07) is 11.9. The van der Waals surface area contributed by atoms with Crippen LogP contribution in [0.5, 0.6) is 5.75 Å². The molecule has 7 heteroatoms. The Morgan fingerprint density at radius 2 is 2.07 bits per heavy atom. The number of fused-ring (bicyclic) bond motifs is 2. The molecule has 1 atom stereocenters. The number of carbonyl (C=O) groups is 2. The zero-order valence-corrected chi connectivity index (χ0v) is 16.6. The van der Waals surface area contributed by atoms with Crippen molar-refractivity contribution >= 4 is 29.3 Å². The van der Waals surface area contributed by atoms with Gasteiger partial charge in [-0.15, -0.1) is 11.8 Å². The van der Waals surface area contributed by atoms with Crippen molar-refractivity contribution in [3.8, 4) is 5.75 Å². The summed E-state index contributed by atoms with van der Waals surface area (Å²) in [6.07, 6.45) is 0.322. The molecule has 146 valence electrons. The number of halogens is 1. The predicted octanol–water partition coefficient (Wildman–Crippen LogP) is 3.52. The number of hydrogen-bond donors (Lipinski definition) is 0. The summed E-state index contributed by atoms with van der Waals surface area (Å²) in [6.45, 7) is 2.41. The third-order valence-corrected chi connectivity index (χ3v) is 6.71. The fourth-order valence-corrected chi connectivity index (χ4v) is 5.39. The number of thioether (sulfide) groups is 1. The number of benzene rings is 2. The summed E-state index contributed by atoms with van der Waals surface area (Å²) in [5.74, 6) is 0.659. The summed E-state index contributed by atoms with van der Waals surface area (Å²) < 4.78 is 19.6. The van der Waals surface area contributed by atoms with Crippen LogP contribution in [0.2, 0.25) is 0 Å². The molecular weight excluding hydrogens is 379 g/mol. The molecule has 1 fully saturated rings. The van der Waals surface area contributed by atoms with E-state index in [9.17, 15) is 14.0 Å². The minimum Gasteiger partial charge on any atom is -0.497 e. The van der Waals surface area contributed by atoms with Crippen LogP contribution in [0.3, 0.4) is 0 Å². The van der Waals surface area contributed by atoms with E-state index in [-0.39, 0.29) is 24.2 Å². The Balaban J connectivity index is 1.85. The fourth-order valence-electron chi connectivity index (χ4n) is 3.92. The van der Waals surface area contributed by atoms with Gasteiger partial charge in [-0.2, -0.15) is 0 Å². The number of rotatable bonds is 4. The Morgan fingerprint density at radius 1 is 1.29 bits per heavy atom. The van der Waals surface area contributed by atoms with Gasteiger partial charge in [-0.1, -0.05) is 25.1 Å². The molecule has 0 unspecified atom stereocenters. The SMILES string of the molecule is CCC(=O)N1CCS[C@]12C(=O)N(Cc1ccccc1F)c1ccc(OC)cc12. The van der Waals surface area contributed by atoms with E-state index in [0.29, 0.717) is 35.7 Å². The first-order valence-electron chi connectivity index (χ1n) is 9.21. The quantitative estimate of drug-likeness (QED) is 0.788. The highest BCUT2D eigenvalue weighted by atomic mass is 32.2. The van der Waals surface area contributed by atoms with Crippen LogP contribution >= 0.6 is 11.8 Å². The van der Waals surface area contributed by atoms with E-state index in [1.54, 1.807) is 48.1 Å². The minimum atomic E-state index is -1.11. The lowest BCUT2D eigenvalue weighted by molar-refractivity contribution is -0.139. The van der Waals surface area contributed by atoms with Crippen molar-refractivity contribution in [2.75, 3.05) is 24.3 Å². The van der Waals surface area contributed by atoms with Gasteiger partial charge in [0.1, 0.15) is 11.6 Å². The maximum atomic E-state index is 14.3. The van der Waals surface area contributed by atoms with Crippen LogP contribution in [0.15, 0.2) is 42.5 Å². The molecule has 1 saturated heterocycles. The lowest BCUT2D eigenvalue weighted by atomic mass is 10.0. The zero-order valence-electron chi connectivity index (χ0n) is 15.8. The summed E-state index contributed by atoms with van der Waals surface area (Å²) in [4.78, 5) is 28.5. The molecule has 0 bridgehead atoms. The standard InChI is InChI=1S/C21H21FN2O3S/c1-3-19(25)24-10-11-28-21(24)16-12-15(27-2)8-9-18(16)23(20(21)26)13-14-6-4-5-7-17(14)22/h4-9,12H,3,10-11,13H2,1-2H3/t21-/m1/s1. The smallest absolute Gasteiger partial charge is 0.268 e. The van der Waals surface area contributed by atoms with Crippen LogP contribution in [-0.2, 0) is 21.0 Å². The van der Waals surface area contributed by atoms with Crippen molar-refractivity contribution in [1.82, 2.24) is 4.90 Å². The molecule has 4 rings (SSSR count). The monoisotopic (exact) mass is 400 g/mol. The molecule has 2 heterocycles. The third-order valence-electron chi connectivity index (χ3n) is 5.29. The molecule has 5 nitrogen and oxygen atoms in total. The van der Waals surface area contributed by atoms with Gasteiger partial charge < -0.3 is 14.5 Å². The molecule has 28 heavy (non-hydrogen) atoms. The van der Waals surface area contributed by atoms with Crippen LogP contribution in [0, 0.1) is 5.82 Å². The normalized spacial score (nSPS) is 20.8. The molecule has 0 saturated carbocycles. The summed E-state index contributed by atoms with van der Waals surface area (Å²) in [7, 11) is 1.57. The number of carbonyl (C=O) groups excluding carboxylic acids is 2. The van der Waals surface area contributed by atoms with E-state index in [0.717, 1.165) is 5.56 Å². The van der Waals surface area contributed by atoms with Gasteiger partial charge in [-0.3, -0.25) is 9.59 Å². The highest BCUT2D eigenvalue weighted by Gasteiger charge is 2.59. The highest BCUT2D eigenvalue weighted by Crippen LogP contribution is 2.55. The molecule has 2 aromatic rings. The second-order valence-corrected chi connectivity index (χ2v) is 8.04. The van der Waals surface area contributed by atoms with Crippen molar-refractivity contribution in [2.45, 2.75) is 24.8 Å². The molecule has 0 aliphatic carbocycles. The molecule has 0 N–H and O–H groups in total. The lowest BCUT2D eigenvalue weighted by Gasteiger charge is -2.33. The van der Waals surface area contributed by atoms with Crippen LogP contribution < -0.4 is 9.64 Å². The van der Waals surface area contributed by atoms with E-state index in [4.69, 9.17) is 4.74 Å². The number of ether oxygens (including phenoxy) is 1. The Hall–Kier alpha value is -2.54. The topological polar surface area (TPSA) is 49.9 Å². The van der Waals surface area contributed by atoms with Gasteiger partial charge in [0.05, 0.1) is 19.3 Å². The Morgan fingerprint density at radius 3 is 2.79 bits per heavy atom. The average molecular weight is 400 g/mol. The molecule has 1 spiro atoms. The van der Waals surface area contributed by atoms with E-state index >= 15 is 0 Å². The summed E-state index contributed by atoms with van der Waals surface area (Å²) in [5.41, 5.74) is 1.86.